The van der Waals surface area contributed by atoms with Crippen LogP contribution in [0.4, 0.5) is 5.69 Å². The van der Waals surface area contributed by atoms with Gasteiger partial charge in [0.1, 0.15) is 0 Å². The molecule has 0 bridgehead atoms. The molecule has 0 aromatic heterocycles. The second kappa shape index (κ2) is 8.10. The molecule has 0 aliphatic carbocycles. The first-order valence-electron chi connectivity index (χ1n) is 8.41. The molecule has 1 aliphatic heterocycles. The Labute approximate surface area is 162 Å². The number of carbonyl (C=O) groups excluding carboxylic acids is 2. The minimum atomic E-state index is -3.70. The number of amides is 2. The van der Waals surface area contributed by atoms with Gasteiger partial charge < -0.3 is 5.32 Å². The Morgan fingerprint density at radius 3 is 2.32 bits per heavy atom. The molecule has 0 fully saturated rings. The van der Waals surface area contributed by atoms with Crippen LogP contribution >= 0.6 is 0 Å². The van der Waals surface area contributed by atoms with Crippen molar-refractivity contribution >= 4 is 27.3 Å². The summed E-state index contributed by atoms with van der Waals surface area (Å²) in [7, 11) is -2.47. The molecule has 0 radical (unpaired) electrons. The van der Waals surface area contributed by atoms with E-state index in [1.54, 1.807) is 0 Å². The third kappa shape index (κ3) is 4.22. The number of hydroxylamine groups is 1. The third-order valence-corrected chi connectivity index (χ3v) is 5.21. The topological polar surface area (TPSA) is 142 Å². The van der Waals surface area contributed by atoms with Gasteiger partial charge in [0.2, 0.25) is 5.91 Å². The van der Waals surface area contributed by atoms with E-state index in [0.29, 0.717) is 12.8 Å². The van der Waals surface area contributed by atoms with Crippen molar-refractivity contribution in [2.75, 3.05) is 18.4 Å². The lowest BCUT2D eigenvalue weighted by molar-refractivity contribution is -0.122. The largest absolute Gasteiger partial charge is 0.306 e. The maximum absolute atomic E-state index is 12.9. The smallest absolute Gasteiger partial charge is 0.269 e. The van der Waals surface area contributed by atoms with Crippen LogP contribution in [0.2, 0.25) is 0 Å². The summed E-state index contributed by atoms with van der Waals surface area (Å²) in [5.74, 6) is -2.41. The number of sulfone groups is 1. The molecule has 2 rings (SSSR count). The Bertz CT molecular complexity index is 945. The first-order valence-corrected chi connectivity index (χ1v) is 10.3. The van der Waals surface area contributed by atoms with E-state index in [2.05, 4.69) is 26.0 Å². The zero-order valence-corrected chi connectivity index (χ0v) is 17.1. The normalized spacial score (nSPS) is 14.9. The zero-order chi connectivity index (χ0) is 21.1. The van der Waals surface area contributed by atoms with E-state index in [0.717, 1.165) is 11.3 Å². The predicted octanol–water partition coefficient (Wildman–Crippen LogP) is 2.33. The molecule has 1 N–H and O–H groups in total. The van der Waals surface area contributed by atoms with Gasteiger partial charge in [-0.1, -0.05) is 6.92 Å². The van der Waals surface area contributed by atoms with Gasteiger partial charge in [0.25, 0.3) is 11.7 Å². The Hall–Kier alpha value is -2.73. The molecule has 1 aromatic carbocycles. The molecule has 0 saturated heterocycles. The van der Waals surface area contributed by atoms with E-state index in [1.165, 1.54) is 33.1 Å². The summed E-state index contributed by atoms with van der Waals surface area (Å²) in [5, 5.41) is 18.2. The van der Waals surface area contributed by atoms with Gasteiger partial charge in [0, 0.05) is 25.2 Å². The summed E-state index contributed by atoms with van der Waals surface area (Å²) < 4.78 is 24.4. The first kappa shape index (κ1) is 21.6. The van der Waals surface area contributed by atoms with Gasteiger partial charge >= 0.3 is 0 Å². The highest BCUT2D eigenvalue weighted by atomic mass is 32.2. The van der Waals surface area contributed by atoms with Gasteiger partial charge in [-0.25, -0.2) is 8.42 Å². The maximum atomic E-state index is 12.9. The third-order valence-electron chi connectivity index (χ3n) is 4.08. The molecule has 2 amide bonds. The summed E-state index contributed by atoms with van der Waals surface area (Å²) in [6.45, 7) is 4.64. The first-order chi connectivity index (χ1) is 13.1. The number of anilines is 1. The van der Waals surface area contributed by atoms with E-state index in [1.807, 2.05) is 6.92 Å². The van der Waals surface area contributed by atoms with Crippen LogP contribution in [0.3, 0.4) is 0 Å². The van der Waals surface area contributed by atoms with Gasteiger partial charge in [-0.2, -0.15) is 5.06 Å². The minimum absolute atomic E-state index is 0.0237. The van der Waals surface area contributed by atoms with Gasteiger partial charge in [0.15, 0.2) is 9.84 Å². The summed E-state index contributed by atoms with van der Waals surface area (Å²) in [5.41, 5.74) is 0.360. The quantitative estimate of drug-likeness (QED) is 0.686. The Kier molecular flexibility index (Phi) is 6.24. The van der Waals surface area contributed by atoms with Crippen molar-refractivity contribution in [2.45, 2.75) is 44.3 Å². The van der Waals surface area contributed by atoms with E-state index < -0.39 is 27.4 Å². The lowest BCUT2D eigenvalue weighted by Gasteiger charge is -2.25. The van der Waals surface area contributed by atoms with E-state index in [9.17, 15) is 18.0 Å². The number of hydrogen-bond donors (Lipinski definition) is 1. The van der Waals surface area contributed by atoms with E-state index in [-0.39, 0.29) is 21.7 Å². The SMILES string of the molecule is CCCC1(NC(=O)c2ccc(S(C)(=O)=O)c(N(OC)C(C)=O)c2C)N=NN=N1. The zero-order valence-electron chi connectivity index (χ0n) is 16.3. The van der Waals surface area contributed by atoms with Crippen LogP contribution in [0.1, 0.15) is 42.6 Å². The summed E-state index contributed by atoms with van der Waals surface area (Å²) in [6, 6.07) is 2.62. The number of carbonyl (C=O) groups is 2. The second-order valence-corrected chi connectivity index (χ2v) is 8.24. The fourth-order valence-electron chi connectivity index (χ4n) is 2.87. The molecule has 0 spiro atoms. The molecule has 11 nitrogen and oxygen atoms in total. The predicted molar refractivity (Wildman–Crippen MR) is 99.3 cm³/mol. The number of hydrogen-bond acceptors (Lipinski definition) is 9. The van der Waals surface area contributed by atoms with E-state index in [4.69, 9.17) is 4.84 Å². The molecule has 1 aromatic rings. The Morgan fingerprint density at radius 2 is 1.86 bits per heavy atom. The molecular formula is C16H22N6O5S. The van der Waals surface area contributed by atoms with Crippen molar-refractivity contribution in [3.63, 3.8) is 0 Å². The van der Waals surface area contributed by atoms with Crippen molar-refractivity contribution < 1.29 is 22.8 Å². The van der Waals surface area contributed by atoms with Crippen molar-refractivity contribution in [2.24, 2.45) is 20.7 Å². The summed E-state index contributed by atoms with van der Waals surface area (Å²) in [6.07, 6.45) is 2.06. The fraction of sp³-hybridized carbons (Fsp3) is 0.500. The maximum Gasteiger partial charge on any atom is 0.269 e. The standard InChI is InChI=1S/C16H22N6O5S/c1-6-9-16(18-20-21-19-16)17-15(24)12-7-8-13(28(5,25)26)14(10(12)2)22(27-4)11(3)23/h7-8H,6,9H2,1-5H3,(H,17,24). The molecule has 1 aliphatic rings. The molecule has 0 unspecified atom stereocenters. The van der Waals surface area contributed by atoms with Crippen LogP contribution in [0.5, 0.6) is 0 Å². The Morgan fingerprint density at radius 1 is 1.25 bits per heavy atom. The molecule has 0 saturated carbocycles. The van der Waals surface area contributed by atoms with Crippen LogP contribution in [-0.4, -0.2) is 39.4 Å². The van der Waals surface area contributed by atoms with Gasteiger partial charge in [0.05, 0.1) is 17.7 Å². The monoisotopic (exact) mass is 410 g/mol. The average molecular weight is 410 g/mol. The average Bonchev–Trinajstić information content (AvgIpc) is 3.03. The van der Waals surface area contributed by atoms with Crippen LogP contribution in [0.15, 0.2) is 37.7 Å². The highest BCUT2D eigenvalue weighted by molar-refractivity contribution is 7.90. The van der Waals surface area contributed by atoms with Crippen molar-refractivity contribution in [3.05, 3.63) is 23.3 Å². The number of nitrogens with one attached hydrogen (secondary N) is 1. The second-order valence-electron chi connectivity index (χ2n) is 6.25. The molecule has 12 heteroatoms. The van der Waals surface area contributed by atoms with Crippen LogP contribution in [-0.2, 0) is 19.5 Å². The highest BCUT2D eigenvalue weighted by Crippen LogP contribution is 2.33. The van der Waals surface area contributed by atoms with Gasteiger partial charge in [-0.05, 0) is 41.5 Å². The minimum Gasteiger partial charge on any atom is -0.306 e. The van der Waals surface area contributed by atoms with E-state index >= 15 is 0 Å². The summed E-state index contributed by atoms with van der Waals surface area (Å²) in [4.78, 5) is 29.8. The van der Waals surface area contributed by atoms with Crippen molar-refractivity contribution in [3.8, 4) is 0 Å². The van der Waals surface area contributed by atoms with Crippen molar-refractivity contribution in [1.29, 1.82) is 0 Å². The number of benzene rings is 1. The van der Waals surface area contributed by atoms with Crippen molar-refractivity contribution in [1.82, 2.24) is 5.32 Å². The van der Waals surface area contributed by atoms with Crippen LogP contribution < -0.4 is 10.4 Å². The number of rotatable bonds is 7. The molecule has 0 atom stereocenters. The van der Waals surface area contributed by atoms with Crippen LogP contribution in [0, 0.1) is 6.92 Å². The Balaban J connectivity index is 2.57. The fourth-order valence-corrected chi connectivity index (χ4v) is 3.77. The molecule has 1 heterocycles. The summed E-state index contributed by atoms with van der Waals surface area (Å²) >= 11 is 0. The highest BCUT2D eigenvalue weighted by Gasteiger charge is 2.35. The molecule has 152 valence electrons. The molecule has 28 heavy (non-hydrogen) atoms. The van der Waals surface area contributed by atoms with Gasteiger partial charge in [-0.3, -0.25) is 14.4 Å². The van der Waals surface area contributed by atoms with Crippen LogP contribution in [0.25, 0.3) is 0 Å². The lowest BCUT2D eigenvalue weighted by atomic mass is 10.0. The molecular weight excluding hydrogens is 388 g/mol. The van der Waals surface area contributed by atoms with Gasteiger partial charge in [-0.15, -0.1) is 10.2 Å². The number of nitrogens with zero attached hydrogens (tertiary/aromatic N) is 5. The lowest BCUT2D eigenvalue weighted by Crippen LogP contribution is -2.44.